The summed E-state index contributed by atoms with van der Waals surface area (Å²) in [5.41, 5.74) is 0.637. The first-order valence-corrected chi connectivity index (χ1v) is 8.15. The predicted molar refractivity (Wildman–Crippen MR) is 87.9 cm³/mol. The molecule has 0 aromatic heterocycles. The van der Waals surface area contributed by atoms with E-state index in [-0.39, 0.29) is 5.91 Å². The Morgan fingerprint density at radius 1 is 1.29 bits per heavy atom. The molecule has 0 atom stereocenters. The van der Waals surface area contributed by atoms with E-state index in [9.17, 15) is 4.79 Å². The Kier molecular flexibility index (Phi) is 5.65. The fourth-order valence-corrected chi connectivity index (χ4v) is 3.00. The van der Waals surface area contributed by atoms with Crippen molar-refractivity contribution in [3.63, 3.8) is 0 Å². The van der Waals surface area contributed by atoms with Gasteiger partial charge in [0.25, 0.3) is 5.91 Å². The third kappa shape index (κ3) is 4.20. The van der Waals surface area contributed by atoms with Crippen LogP contribution in [-0.4, -0.2) is 55.5 Å². The van der Waals surface area contributed by atoms with Crippen LogP contribution in [0.4, 0.5) is 0 Å². The monoisotopic (exact) mass is 354 g/mol. The maximum absolute atomic E-state index is 12.6. The molecule has 2 rings (SSSR count). The lowest BCUT2D eigenvalue weighted by Crippen LogP contribution is -2.49. The van der Waals surface area contributed by atoms with Gasteiger partial charge in [0.05, 0.1) is 12.7 Å². The van der Waals surface area contributed by atoms with Crippen LogP contribution in [0, 0.1) is 5.92 Å². The standard InChI is InChI=1S/C16H23BrN2O2/c1-12(2)11-18-6-8-19(9-7-18)16(20)14-5-4-13(17)10-15(14)21-3/h4-5,10,12H,6-9,11H2,1-3H3. The molecule has 0 radical (unpaired) electrons. The normalized spacial score (nSPS) is 16.3. The third-order valence-corrected chi connectivity index (χ3v) is 4.17. The van der Waals surface area contributed by atoms with E-state index in [0.29, 0.717) is 17.2 Å². The number of amides is 1. The molecule has 1 aromatic rings. The maximum Gasteiger partial charge on any atom is 0.257 e. The molecule has 116 valence electrons. The number of carbonyl (C=O) groups is 1. The lowest BCUT2D eigenvalue weighted by Gasteiger charge is -2.35. The highest BCUT2D eigenvalue weighted by Gasteiger charge is 2.24. The smallest absolute Gasteiger partial charge is 0.257 e. The van der Waals surface area contributed by atoms with Gasteiger partial charge in [-0.25, -0.2) is 0 Å². The molecule has 0 unspecified atom stereocenters. The second kappa shape index (κ2) is 7.27. The van der Waals surface area contributed by atoms with Crippen molar-refractivity contribution in [1.82, 2.24) is 9.80 Å². The van der Waals surface area contributed by atoms with Crippen molar-refractivity contribution >= 4 is 21.8 Å². The molecule has 1 fully saturated rings. The molecular formula is C16H23BrN2O2. The topological polar surface area (TPSA) is 32.8 Å². The lowest BCUT2D eigenvalue weighted by atomic mass is 10.1. The Labute approximate surface area is 135 Å². The summed E-state index contributed by atoms with van der Waals surface area (Å²) in [4.78, 5) is 17.0. The van der Waals surface area contributed by atoms with E-state index in [1.807, 2.05) is 23.1 Å². The SMILES string of the molecule is COc1cc(Br)ccc1C(=O)N1CCN(CC(C)C)CC1. The van der Waals surface area contributed by atoms with Gasteiger partial charge >= 0.3 is 0 Å². The van der Waals surface area contributed by atoms with Crippen molar-refractivity contribution < 1.29 is 9.53 Å². The summed E-state index contributed by atoms with van der Waals surface area (Å²) in [5.74, 6) is 1.35. The van der Waals surface area contributed by atoms with Crippen LogP contribution in [-0.2, 0) is 0 Å². The van der Waals surface area contributed by atoms with Gasteiger partial charge in [0.2, 0.25) is 0 Å². The number of methoxy groups -OCH3 is 1. The number of hydrogen-bond donors (Lipinski definition) is 0. The van der Waals surface area contributed by atoms with Crippen LogP contribution in [0.5, 0.6) is 5.75 Å². The zero-order chi connectivity index (χ0) is 15.4. The number of carbonyl (C=O) groups excluding carboxylic acids is 1. The van der Waals surface area contributed by atoms with Crippen molar-refractivity contribution in [2.45, 2.75) is 13.8 Å². The van der Waals surface area contributed by atoms with Gasteiger partial charge in [-0.15, -0.1) is 0 Å². The molecule has 1 aromatic carbocycles. The molecule has 4 nitrogen and oxygen atoms in total. The van der Waals surface area contributed by atoms with Gasteiger partial charge in [-0.2, -0.15) is 0 Å². The zero-order valence-corrected chi connectivity index (χ0v) is 14.5. The first-order chi connectivity index (χ1) is 10.0. The molecule has 1 aliphatic rings. The average molecular weight is 355 g/mol. The molecule has 0 saturated carbocycles. The van der Waals surface area contributed by atoms with Gasteiger partial charge in [0, 0.05) is 37.2 Å². The van der Waals surface area contributed by atoms with E-state index in [1.165, 1.54) is 0 Å². The summed E-state index contributed by atoms with van der Waals surface area (Å²) in [7, 11) is 1.60. The van der Waals surface area contributed by atoms with Gasteiger partial charge in [-0.05, 0) is 24.1 Å². The van der Waals surface area contributed by atoms with Gasteiger partial charge < -0.3 is 9.64 Å². The minimum atomic E-state index is 0.0588. The lowest BCUT2D eigenvalue weighted by molar-refractivity contribution is 0.0620. The highest BCUT2D eigenvalue weighted by Crippen LogP contribution is 2.25. The highest BCUT2D eigenvalue weighted by atomic mass is 79.9. The fraction of sp³-hybridized carbons (Fsp3) is 0.562. The number of benzene rings is 1. The van der Waals surface area contributed by atoms with Crippen molar-refractivity contribution in [1.29, 1.82) is 0 Å². The Balaban J connectivity index is 2.02. The van der Waals surface area contributed by atoms with E-state index < -0.39 is 0 Å². The molecule has 1 saturated heterocycles. The van der Waals surface area contributed by atoms with Gasteiger partial charge in [-0.3, -0.25) is 9.69 Å². The number of rotatable bonds is 4. The molecule has 0 bridgehead atoms. The summed E-state index contributed by atoms with van der Waals surface area (Å²) >= 11 is 3.40. The van der Waals surface area contributed by atoms with Crippen LogP contribution >= 0.6 is 15.9 Å². The summed E-state index contributed by atoms with van der Waals surface area (Å²) in [6.07, 6.45) is 0. The quantitative estimate of drug-likeness (QED) is 0.833. The van der Waals surface area contributed by atoms with Crippen LogP contribution in [0.1, 0.15) is 24.2 Å². The number of halogens is 1. The van der Waals surface area contributed by atoms with E-state index in [2.05, 4.69) is 34.7 Å². The molecule has 0 aliphatic carbocycles. The van der Waals surface area contributed by atoms with E-state index in [4.69, 9.17) is 4.74 Å². The van der Waals surface area contributed by atoms with Crippen molar-refractivity contribution in [3.05, 3.63) is 28.2 Å². The van der Waals surface area contributed by atoms with Crippen molar-refractivity contribution in [2.24, 2.45) is 5.92 Å². The number of ether oxygens (including phenoxy) is 1. The maximum atomic E-state index is 12.6. The fourth-order valence-electron chi connectivity index (χ4n) is 2.66. The van der Waals surface area contributed by atoms with Crippen LogP contribution in [0.15, 0.2) is 22.7 Å². The van der Waals surface area contributed by atoms with E-state index in [1.54, 1.807) is 7.11 Å². The summed E-state index contributed by atoms with van der Waals surface area (Å²) in [6, 6.07) is 5.54. The van der Waals surface area contributed by atoms with Crippen LogP contribution < -0.4 is 4.74 Å². The first kappa shape index (κ1) is 16.3. The number of piperazine rings is 1. The van der Waals surface area contributed by atoms with Crippen molar-refractivity contribution in [3.8, 4) is 5.75 Å². The van der Waals surface area contributed by atoms with Crippen molar-refractivity contribution in [2.75, 3.05) is 39.8 Å². The predicted octanol–water partition coefficient (Wildman–Crippen LogP) is 2.87. The summed E-state index contributed by atoms with van der Waals surface area (Å²) < 4.78 is 6.24. The van der Waals surface area contributed by atoms with Crippen LogP contribution in [0.2, 0.25) is 0 Å². The number of nitrogens with zero attached hydrogens (tertiary/aromatic N) is 2. The largest absolute Gasteiger partial charge is 0.496 e. The molecule has 1 amide bonds. The van der Waals surface area contributed by atoms with Gasteiger partial charge in [-0.1, -0.05) is 29.8 Å². The molecule has 1 aliphatic heterocycles. The number of hydrogen-bond acceptors (Lipinski definition) is 3. The Bertz CT molecular complexity index is 497. The molecule has 21 heavy (non-hydrogen) atoms. The summed E-state index contributed by atoms with van der Waals surface area (Å²) in [5, 5.41) is 0. The minimum absolute atomic E-state index is 0.0588. The Morgan fingerprint density at radius 3 is 2.52 bits per heavy atom. The molecule has 0 N–H and O–H groups in total. The zero-order valence-electron chi connectivity index (χ0n) is 12.9. The average Bonchev–Trinajstić information content (AvgIpc) is 2.46. The third-order valence-electron chi connectivity index (χ3n) is 3.68. The van der Waals surface area contributed by atoms with Crippen LogP contribution in [0.25, 0.3) is 0 Å². The Hall–Kier alpha value is -1.07. The van der Waals surface area contributed by atoms with Gasteiger partial charge in [0.1, 0.15) is 5.75 Å². The Morgan fingerprint density at radius 2 is 1.95 bits per heavy atom. The molecule has 0 spiro atoms. The first-order valence-electron chi connectivity index (χ1n) is 7.36. The van der Waals surface area contributed by atoms with E-state index >= 15 is 0 Å². The second-order valence-corrected chi connectivity index (χ2v) is 6.75. The minimum Gasteiger partial charge on any atom is -0.496 e. The second-order valence-electron chi connectivity index (χ2n) is 5.83. The van der Waals surface area contributed by atoms with E-state index in [0.717, 1.165) is 37.2 Å². The molecule has 1 heterocycles. The molecular weight excluding hydrogens is 332 g/mol. The van der Waals surface area contributed by atoms with Crippen LogP contribution in [0.3, 0.4) is 0 Å². The summed E-state index contributed by atoms with van der Waals surface area (Å²) in [6.45, 7) is 9.01. The highest BCUT2D eigenvalue weighted by molar-refractivity contribution is 9.10. The molecule has 5 heteroatoms. The van der Waals surface area contributed by atoms with Gasteiger partial charge in [0.15, 0.2) is 0 Å².